The molecule has 0 aliphatic carbocycles. The van der Waals surface area contributed by atoms with Crippen LogP contribution in [0.15, 0.2) is 0 Å². The summed E-state index contributed by atoms with van der Waals surface area (Å²) in [5.41, 5.74) is -8.35. The van der Waals surface area contributed by atoms with Gasteiger partial charge in [-0.1, -0.05) is 15.9 Å². The van der Waals surface area contributed by atoms with Gasteiger partial charge in [-0.15, -0.1) is 0 Å². The molecule has 32 heavy (non-hydrogen) atoms. The molecule has 0 aromatic rings. The number of carbonyl (C=O) groups is 3. The summed E-state index contributed by atoms with van der Waals surface area (Å²) < 4.78 is 28.0. The van der Waals surface area contributed by atoms with Crippen molar-refractivity contribution in [3.05, 3.63) is 0 Å². The molecular formula is C22H37BrO9. The van der Waals surface area contributed by atoms with E-state index < -0.39 is 63.1 Å². The fraction of sp³-hybridized carbons (Fsp3) is 0.864. The summed E-state index contributed by atoms with van der Waals surface area (Å²) in [5, 5.41) is 11.2. The predicted molar refractivity (Wildman–Crippen MR) is 119 cm³/mol. The van der Waals surface area contributed by atoms with E-state index in [9.17, 15) is 19.5 Å². The fourth-order valence-corrected chi connectivity index (χ4v) is 3.69. The maximum Gasteiger partial charge on any atom is 0.346 e. The van der Waals surface area contributed by atoms with Gasteiger partial charge in [0.25, 0.3) is 0 Å². The van der Waals surface area contributed by atoms with E-state index in [2.05, 4.69) is 15.9 Å². The second-order valence-corrected chi connectivity index (χ2v) is 11.8. The molecule has 3 atom stereocenters. The lowest BCUT2D eigenvalue weighted by molar-refractivity contribution is -0.240. The summed E-state index contributed by atoms with van der Waals surface area (Å²) in [6, 6.07) is 0. The highest BCUT2D eigenvalue weighted by atomic mass is 79.9. The average Bonchev–Trinajstić information content (AvgIpc) is 2.82. The molecule has 0 amide bonds. The minimum atomic E-state index is -2.71. The first kappa shape index (κ1) is 28.8. The standard InChI is InChI=1S/C22H37BrO9/c1-17(2,3)29-14(24)13-22(32-20(10,11)28-13,16(26)31-19(7,8)9)21(27,12-23)15(25)30-18(4,5)6/h13,27H,12H2,1-11H3/t13-,21+,22+/m0/s1. The Morgan fingerprint density at radius 2 is 1.31 bits per heavy atom. The molecule has 186 valence electrons. The van der Waals surface area contributed by atoms with E-state index in [-0.39, 0.29) is 0 Å². The topological polar surface area (TPSA) is 118 Å². The van der Waals surface area contributed by atoms with Crippen LogP contribution in [-0.2, 0) is 38.1 Å². The summed E-state index contributed by atoms with van der Waals surface area (Å²) in [4.78, 5) is 40.0. The van der Waals surface area contributed by atoms with Gasteiger partial charge in [0.1, 0.15) is 16.8 Å². The van der Waals surface area contributed by atoms with Crippen molar-refractivity contribution in [1.82, 2.24) is 0 Å². The van der Waals surface area contributed by atoms with Crippen LogP contribution in [0.1, 0.15) is 76.2 Å². The summed E-state index contributed by atoms with van der Waals surface area (Å²) in [7, 11) is 0. The van der Waals surface area contributed by atoms with Gasteiger partial charge in [-0.3, -0.25) is 0 Å². The number of carbonyl (C=O) groups excluding carboxylic acids is 3. The predicted octanol–water partition coefficient (Wildman–Crippen LogP) is 3.03. The van der Waals surface area contributed by atoms with E-state index in [0.717, 1.165) is 0 Å². The number of halogens is 1. The summed E-state index contributed by atoms with van der Waals surface area (Å²) in [6.07, 6.45) is -1.83. The molecule has 0 aromatic carbocycles. The largest absolute Gasteiger partial charge is 0.458 e. The van der Waals surface area contributed by atoms with Gasteiger partial charge in [0, 0.05) is 5.33 Å². The van der Waals surface area contributed by atoms with Crippen LogP contribution < -0.4 is 0 Å². The van der Waals surface area contributed by atoms with Crippen molar-refractivity contribution >= 4 is 33.8 Å². The molecule has 1 aliphatic heterocycles. The van der Waals surface area contributed by atoms with Gasteiger partial charge >= 0.3 is 17.9 Å². The van der Waals surface area contributed by atoms with E-state index >= 15 is 0 Å². The number of rotatable bonds is 5. The van der Waals surface area contributed by atoms with Gasteiger partial charge in [-0.2, -0.15) is 0 Å². The van der Waals surface area contributed by atoms with E-state index in [4.69, 9.17) is 23.7 Å². The van der Waals surface area contributed by atoms with Gasteiger partial charge in [0.05, 0.1) is 0 Å². The molecule has 0 radical (unpaired) electrons. The van der Waals surface area contributed by atoms with Gasteiger partial charge in [-0.05, 0) is 76.2 Å². The van der Waals surface area contributed by atoms with Crippen LogP contribution in [0, 0.1) is 0 Å². The van der Waals surface area contributed by atoms with Crippen LogP contribution in [-0.4, -0.2) is 68.2 Å². The van der Waals surface area contributed by atoms with Crippen LogP contribution in [0.3, 0.4) is 0 Å². The monoisotopic (exact) mass is 524 g/mol. The first-order valence-electron chi connectivity index (χ1n) is 10.4. The summed E-state index contributed by atoms with van der Waals surface area (Å²) >= 11 is 3.10. The van der Waals surface area contributed by atoms with Gasteiger partial charge in [0.15, 0.2) is 5.79 Å². The molecular weight excluding hydrogens is 488 g/mol. The average molecular weight is 525 g/mol. The van der Waals surface area contributed by atoms with Crippen molar-refractivity contribution < 1.29 is 43.2 Å². The van der Waals surface area contributed by atoms with Crippen molar-refractivity contribution in [1.29, 1.82) is 0 Å². The van der Waals surface area contributed by atoms with Crippen molar-refractivity contribution in [2.45, 2.75) is 116 Å². The summed E-state index contributed by atoms with van der Waals surface area (Å²) in [5.74, 6) is -4.92. The molecule has 0 aromatic heterocycles. The highest BCUT2D eigenvalue weighted by Crippen LogP contribution is 2.47. The molecule has 1 fully saturated rings. The number of aliphatic hydroxyl groups is 1. The Kier molecular flexibility index (Phi) is 7.96. The molecule has 1 rings (SSSR count). The van der Waals surface area contributed by atoms with E-state index in [0.29, 0.717) is 0 Å². The molecule has 0 unspecified atom stereocenters. The fourth-order valence-electron chi connectivity index (χ4n) is 3.04. The van der Waals surface area contributed by atoms with Crippen LogP contribution >= 0.6 is 15.9 Å². The van der Waals surface area contributed by atoms with Crippen molar-refractivity contribution in [3.8, 4) is 0 Å². The molecule has 1 N–H and O–H groups in total. The van der Waals surface area contributed by atoms with Crippen LogP contribution in [0.4, 0.5) is 0 Å². The quantitative estimate of drug-likeness (QED) is 0.328. The van der Waals surface area contributed by atoms with E-state index in [1.165, 1.54) is 13.8 Å². The number of ether oxygens (including phenoxy) is 5. The SMILES string of the molecule is CC(C)(C)OC(=O)[C@@H]1OC(C)(C)O[C@]1(C(=O)OC(C)(C)C)[C@@](O)(CBr)C(=O)OC(C)(C)C. The maximum atomic E-state index is 13.6. The highest BCUT2D eigenvalue weighted by Gasteiger charge is 2.76. The van der Waals surface area contributed by atoms with Gasteiger partial charge in [-0.25, -0.2) is 14.4 Å². The smallest absolute Gasteiger partial charge is 0.346 e. The zero-order chi connectivity index (χ0) is 25.6. The molecule has 10 heteroatoms. The summed E-state index contributed by atoms with van der Waals surface area (Å²) in [6.45, 7) is 17.4. The molecule has 9 nitrogen and oxygen atoms in total. The Morgan fingerprint density at radius 3 is 1.69 bits per heavy atom. The number of alkyl halides is 1. The Labute approximate surface area is 198 Å². The molecule has 0 spiro atoms. The zero-order valence-electron chi connectivity index (χ0n) is 20.9. The second-order valence-electron chi connectivity index (χ2n) is 11.3. The first-order chi connectivity index (χ1) is 14.0. The van der Waals surface area contributed by atoms with Crippen molar-refractivity contribution in [2.24, 2.45) is 0 Å². The Hall–Kier alpha value is -1.23. The minimum Gasteiger partial charge on any atom is -0.458 e. The lowest BCUT2D eigenvalue weighted by Gasteiger charge is -2.43. The zero-order valence-corrected chi connectivity index (χ0v) is 22.5. The molecule has 1 saturated heterocycles. The number of hydrogen-bond acceptors (Lipinski definition) is 9. The minimum absolute atomic E-state index is 0.521. The van der Waals surface area contributed by atoms with Gasteiger partial charge in [0.2, 0.25) is 17.3 Å². The Balaban J connectivity index is 3.82. The lowest BCUT2D eigenvalue weighted by atomic mass is 9.78. The molecule has 0 bridgehead atoms. The number of esters is 3. The third kappa shape index (κ3) is 6.42. The van der Waals surface area contributed by atoms with E-state index in [1.54, 1.807) is 62.3 Å². The van der Waals surface area contributed by atoms with Gasteiger partial charge < -0.3 is 28.8 Å². The van der Waals surface area contributed by atoms with Crippen LogP contribution in [0.5, 0.6) is 0 Å². The van der Waals surface area contributed by atoms with Crippen LogP contribution in [0.2, 0.25) is 0 Å². The second kappa shape index (κ2) is 8.85. The third-order valence-corrected chi connectivity index (χ3v) is 4.86. The molecule has 1 aliphatic rings. The lowest BCUT2D eigenvalue weighted by Crippen LogP contribution is -2.72. The van der Waals surface area contributed by atoms with E-state index in [1.807, 2.05) is 0 Å². The van der Waals surface area contributed by atoms with Crippen LogP contribution in [0.25, 0.3) is 0 Å². The van der Waals surface area contributed by atoms with Crippen molar-refractivity contribution in [2.75, 3.05) is 5.33 Å². The van der Waals surface area contributed by atoms with Crippen molar-refractivity contribution in [3.63, 3.8) is 0 Å². The maximum absolute atomic E-state index is 13.6. The first-order valence-corrected chi connectivity index (χ1v) is 11.5. The third-order valence-electron chi connectivity index (χ3n) is 4.05. The normalized spacial score (nSPS) is 25.6. The Bertz CT molecular complexity index is 742. The highest BCUT2D eigenvalue weighted by molar-refractivity contribution is 9.09. The molecule has 1 heterocycles. The Morgan fingerprint density at radius 1 is 0.875 bits per heavy atom. The molecule has 0 saturated carbocycles. The number of hydrogen-bond donors (Lipinski definition) is 1.